The van der Waals surface area contributed by atoms with Gasteiger partial charge in [0.2, 0.25) is 5.91 Å². The number of hydrogen-bond acceptors (Lipinski definition) is 2. The van der Waals surface area contributed by atoms with Crippen LogP contribution in [0.1, 0.15) is 66.7 Å². The molecular weight excluding hydrogens is 415 g/mol. The van der Waals surface area contributed by atoms with Gasteiger partial charge in [-0.15, -0.1) is 24.0 Å². The van der Waals surface area contributed by atoms with Crippen molar-refractivity contribution in [2.75, 3.05) is 26.7 Å². The first kappa shape index (κ1) is 23.5. The smallest absolute Gasteiger partial charge is 0.240 e. The first-order valence-corrected chi connectivity index (χ1v) is 9.02. The molecule has 142 valence electrons. The van der Waals surface area contributed by atoms with Crippen LogP contribution in [0.3, 0.4) is 0 Å². The van der Waals surface area contributed by atoms with Gasteiger partial charge >= 0.3 is 0 Å². The minimum atomic E-state index is -0.205. The second-order valence-corrected chi connectivity index (χ2v) is 7.89. The molecule has 0 radical (unpaired) electrons. The second-order valence-electron chi connectivity index (χ2n) is 7.89. The average Bonchev–Trinajstić information content (AvgIpc) is 2.90. The van der Waals surface area contributed by atoms with E-state index in [9.17, 15) is 4.79 Å². The lowest BCUT2D eigenvalue weighted by molar-refractivity contribution is -0.122. The molecule has 1 amide bonds. The highest BCUT2D eigenvalue weighted by Gasteiger charge is 2.32. The van der Waals surface area contributed by atoms with Gasteiger partial charge in [-0.05, 0) is 52.4 Å². The van der Waals surface area contributed by atoms with Gasteiger partial charge in [0.05, 0.1) is 6.54 Å². The van der Waals surface area contributed by atoms with Crippen molar-refractivity contribution in [2.24, 2.45) is 10.4 Å². The second kappa shape index (κ2) is 10.5. The minimum Gasteiger partial charge on any atom is -0.357 e. The number of aliphatic imine (C=N–C) groups is 1. The van der Waals surface area contributed by atoms with Gasteiger partial charge in [-0.1, -0.05) is 19.8 Å². The molecule has 0 bridgehead atoms. The molecule has 0 aliphatic heterocycles. The third-order valence-electron chi connectivity index (χ3n) is 4.57. The molecule has 0 aromatic carbocycles. The first-order chi connectivity index (χ1) is 10.7. The largest absolute Gasteiger partial charge is 0.357 e. The van der Waals surface area contributed by atoms with E-state index >= 15 is 0 Å². The molecule has 0 unspecified atom stereocenters. The summed E-state index contributed by atoms with van der Waals surface area (Å²) in [5.74, 6) is 0.855. The Labute approximate surface area is 165 Å². The summed E-state index contributed by atoms with van der Waals surface area (Å²) in [5, 5.41) is 6.31. The number of likely N-dealkylation sites (N-methyl/N-ethyl adjacent to an activating group) is 1. The van der Waals surface area contributed by atoms with Crippen LogP contribution < -0.4 is 10.6 Å². The maximum Gasteiger partial charge on any atom is 0.240 e. The number of nitrogens with zero attached hydrogens (tertiary/aromatic N) is 2. The molecule has 1 fully saturated rings. The Morgan fingerprint density at radius 1 is 1.21 bits per heavy atom. The zero-order chi connectivity index (χ0) is 17.5. The number of nitrogens with one attached hydrogen (secondary N) is 2. The van der Waals surface area contributed by atoms with Crippen molar-refractivity contribution in [1.82, 2.24) is 15.5 Å². The molecule has 0 aromatic rings. The normalized spacial score (nSPS) is 17.2. The number of carbonyl (C=O) groups is 1. The highest BCUT2D eigenvalue weighted by atomic mass is 127. The van der Waals surface area contributed by atoms with Crippen molar-refractivity contribution in [3.05, 3.63) is 0 Å². The molecule has 1 aliphatic rings. The third kappa shape index (κ3) is 8.03. The molecule has 0 spiro atoms. The van der Waals surface area contributed by atoms with Crippen molar-refractivity contribution in [1.29, 1.82) is 0 Å². The van der Waals surface area contributed by atoms with Gasteiger partial charge in [0.15, 0.2) is 5.96 Å². The minimum absolute atomic E-state index is 0. The van der Waals surface area contributed by atoms with Gasteiger partial charge < -0.3 is 15.5 Å². The molecule has 0 heterocycles. The molecule has 24 heavy (non-hydrogen) atoms. The van der Waals surface area contributed by atoms with Gasteiger partial charge in [-0.2, -0.15) is 0 Å². The summed E-state index contributed by atoms with van der Waals surface area (Å²) in [6.07, 6.45) is 6.39. The van der Waals surface area contributed by atoms with E-state index in [-0.39, 0.29) is 35.4 Å². The van der Waals surface area contributed by atoms with Crippen LogP contribution in [0.15, 0.2) is 4.99 Å². The van der Waals surface area contributed by atoms with Crippen LogP contribution in [-0.4, -0.2) is 49.0 Å². The fourth-order valence-electron chi connectivity index (χ4n) is 3.21. The zero-order valence-electron chi connectivity index (χ0n) is 16.4. The van der Waals surface area contributed by atoms with Gasteiger partial charge in [0.1, 0.15) is 0 Å². The van der Waals surface area contributed by atoms with Crippen LogP contribution in [0.4, 0.5) is 0 Å². The molecular formula is C18H37IN4O. The van der Waals surface area contributed by atoms with Crippen LogP contribution in [-0.2, 0) is 4.79 Å². The number of hydrogen-bond donors (Lipinski definition) is 2. The first-order valence-electron chi connectivity index (χ1n) is 9.02. The predicted molar refractivity (Wildman–Crippen MR) is 113 cm³/mol. The van der Waals surface area contributed by atoms with Crippen LogP contribution in [0.2, 0.25) is 0 Å². The number of amides is 1. The molecule has 0 atom stereocenters. The summed E-state index contributed by atoms with van der Waals surface area (Å²) in [6.45, 7) is 12.3. The monoisotopic (exact) mass is 452 g/mol. The Morgan fingerprint density at radius 3 is 2.25 bits per heavy atom. The Hall–Kier alpha value is -0.530. The lowest BCUT2D eigenvalue weighted by Gasteiger charge is -2.28. The van der Waals surface area contributed by atoms with Crippen molar-refractivity contribution in [3.63, 3.8) is 0 Å². The van der Waals surface area contributed by atoms with Crippen LogP contribution >= 0.6 is 24.0 Å². The summed E-state index contributed by atoms with van der Waals surface area (Å²) in [5.41, 5.74) is 0.165. The lowest BCUT2D eigenvalue weighted by Crippen LogP contribution is -2.49. The Bertz CT molecular complexity index is 412. The fraction of sp³-hybridized carbons (Fsp3) is 0.889. The highest BCUT2D eigenvalue weighted by molar-refractivity contribution is 14.0. The fourth-order valence-corrected chi connectivity index (χ4v) is 3.21. The third-order valence-corrected chi connectivity index (χ3v) is 4.57. The SMILES string of the molecule is CCNC(=NCC1(CC)CCCC1)N(C)CC(=O)NC(C)(C)C.I. The van der Waals surface area contributed by atoms with Gasteiger partial charge in [-0.3, -0.25) is 9.79 Å². The van der Waals surface area contributed by atoms with E-state index in [0.717, 1.165) is 19.0 Å². The summed E-state index contributed by atoms with van der Waals surface area (Å²) < 4.78 is 0. The molecule has 1 aliphatic carbocycles. The maximum atomic E-state index is 12.1. The van der Waals surface area contributed by atoms with E-state index in [1.165, 1.54) is 32.1 Å². The lowest BCUT2D eigenvalue weighted by atomic mass is 9.84. The van der Waals surface area contributed by atoms with Gasteiger partial charge in [0, 0.05) is 25.7 Å². The van der Waals surface area contributed by atoms with Crippen LogP contribution in [0.25, 0.3) is 0 Å². The molecule has 0 aromatic heterocycles. The molecule has 1 rings (SSSR count). The highest BCUT2D eigenvalue weighted by Crippen LogP contribution is 2.41. The summed E-state index contributed by atoms with van der Waals surface area (Å²) in [6, 6.07) is 0. The van der Waals surface area contributed by atoms with E-state index in [4.69, 9.17) is 4.99 Å². The van der Waals surface area contributed by atoms with Crippen LogP contribution in [0.5, 0.6) is 0 Å². The topological polar surface area (TPSA) is 56.7 Å². The molecule has 2 N–H and O–H groups in total. The average molecular weight is 452 g/mol. The van der Waals surface area contributed by atoms with E-state index in [1.54, 1.807) is 0 Å². The summed E-state index contributed by atoms with van der Waals surface area (Å²) in [4.78, 5) is 18.9. The summed E-state index contributed by atoms with van der Waals surface area (Å²) >= 11 is 0. The van der Waals surface area contributed by atoms with Gasteiger partial charge in [0.25, 0.3) is 0 Å². The number of halogens is 1. The molecule has 6 heteroatoms. The summed E-state index contributed by atoms with van der Waals surface area (Å²) in [7, 11) is 1.93. The number of guanidine groups is 1. The van der Waals surface area contributed by atoms with Crippen molar-refractivity contribution in [3.8, 4) is 0 Å². The molecule has 1 saturated carbocycles. The number of carbonyl (C=O) groups excluding carboxylic acids is 1. The van der Waals surface area contributed by atoms with Crippen LogP contribution in [0, 0.1) is 5.41 Å². The van der Waals surface area contributed by atoms with E-state index < -0.39 is 0 Å². The Balaban J connectivity index is 0.00000529. The zero-order valence-corrected chi connectivity index (χ0v) is 18.7. The molecule has 5 nitrogen and oxygen atoms in total. The van der Waals surface area contributed by atoms with E-state index in [2.05, 4.69) is 24.5 Å². The van der Waals surface area contributed by atoms with Crippen molar-refractivity contribution in [2.45, 2.75) is 72.3 Å². The van der Waals surface area contributed by atoms with Crippen molar-refractivity contribution >= 4 is 35.8 Å². The van der Waals surface area contributed by atoms with Crippen molar-refractivity contribution < 1.29 is 4.79 Å². The van der Waals surface area contributed by atoms with E-state index in [1.807, 2.05) is 32.7 Å². The van der Waals surface area contributed by atoms with E-state index in [0.29, 0.717) is 12.0 Å². The van der Waals surface area contributed by atoms with Gasteiger partial charge in [-0.25, -0.2) is 0 Å². The predicted octanol–water partition coefficient (Wildman–Crippen LogP) is 3.39. The Morgan fingerprint density at radius 2 is 1.79 bits per heavy atom. The number of rotatable bonds is 6. The molecule has 0 saturated heterocycles. The Kier molecular flexibility index (Phi) is 10.2. The maximum absolute atomic E-state index is 12.1. The quantitative estimate of drug-likeness (QED) is 0.369. The standard InChI is InChI=1S/C18H36N4O.HI/c1-7-18(11-9-10-12-18)14-20-16(19-8-2)22(6)13-15(23)21-17(3,4)5;/h7-14H2,1-6H3,(H,19,20)(H,21,23);1H.